The first-order valence-electron chi connectivity index (χ1n) is 4.01. The monoisotopic (exact) mass is 161 g/mol. The summed E-state index contributed by atoms with van der Waals surface area (Å²) >= 11 is 0. The second-order valence-corrected chi connectivity index (χ2v) is 3.34. The molecule has 2 unspecified atom stereocenters. The largest absolute Gasteiger partial charge is 0.391 e. The SMILES string of the molecule is CC(O)C(O)CN(C)C(C)C. The lowest BCUT2D eigenvalue weighted by atomic mass is 10.2. The standard InChI is InChI=1S/C8H19NO2/c1-6(2)9(4)5-8(11)7(3)10/h6-8,10-11H,5H2,1-4H3. The number of nitrogens with zero attached hydrogens (tertiary/aromatic N) is 1. The van der Waals surface area contributed by atoms with E-state index in [2.05, 4.69) is 13.8 Å². The molecule has 0 fully saturated rings. The molecule has 0 aromatic heterocycles. The van der Waals surface area contributed by atoms with Gasteiger partial charge < -0.3 is 15.1 Å². The van der Waals surface area contributed by atoms with E-state index in [-0.39, 0.29) is 0 Å². The first-order chi connectivity index (χ1) is 4.95. The molecule has 3 nitrogen and oxygen atoms in total. The van der Waals surface area contributed by atoms with Crippen LogP contribution >= 0.6 is 0 Å². The third-order valence-corrected chi connectivity index (χ3v) is 1.91. The predicted octanol–water partition coefficient (Wildman–Crippen LogP) is 0.0683. The Labute approximate surface area is 68.6 Å². The average molecular weight is 161 g/mol. The lowest BCUT2D eigenvalue weighted by molar-refractivity contribution is 0.00745. The van der Waals surface area contributed by atoms with Crippen LogP contribution < -0.4 is 0 Å². The highest BCUT2D eigenvalue weighted by molar-refractivity contribution is 4.68. The summed E-state index contributed by atoms with van der Waals surface area (Å²) < 4.78 is 0. The third kappa shape index (κ3) is 4.35. The average Bonchev–Trinajstić information content (AvgIpc) is 1.87. The first-order valence-corrected chi connectivity index (χ1v) is 4.01. The molecular formula is C8H19NO2. The molecule has 0 aliphatic carbocycles. The minimum Gasteiger partial charge on any atom is -0.391 e. The molecule has 68 valence electrons. The Hall–Kier alpha value is -0.120. The Kier molecular flexibility index (Phi) is 4.65. The summed E-state index contributed by atoms with van der Waals surface area (Å²) in [5, 5.41) is 18.2. The van der Waals surface area contributed by atoms with Gasteiger partial charge >= 0.3 is 0 Å². The fraction of sp³-hybridized carbons (Fsp3) is 1.00. The van der Waals surface area contributed by atoms with Crippen LogP contribution in [0.5, 0.6) is 0 Å². The van der Waals surface area contributed by atoms with Crippen LogP contribution in [0, 0.1) is 0 Å². The van der Waals surface area contributed by atoms with Crippen LogP contribution in [0.4, 0.5) is 0 Å². The summed E-state index contributed by atoms with van der Waals surface area (Å²) in [6.07, 6.45) is -1.28. The minimum atomic E-state index is -0.642. The summed E-state index contributed by atoms with van der Waals surface area (Å²) in [6, 6.07) is 0.406. The van der Waals surface area contributed by atoms with Gasteiger partial charge in [-0.3, -0.25) is 0 Å². The van der Waals surface area contributed by atoms with Crippen molar-refractivity contribution in [2.75, 3.05) is 13.6 Å². The van der Waals surface area contributed by atoms with Gasteiger partial charge in [0.15, 0.2) is 0 Å². The van der Waals surface area contributed by atoms with Gasteiger partial charge in [-0.1, -0.05) is 0 Å². The molecule has 0 radical (unpaired) electrons. The fourth-order valence-electron chi connectivity index (χ4n) is 0.658. The molecule has 0 amide bonds. The zero-order valence-electron chi connectivity index (χ0n) is 7.78. The maximum absolute atomic E-state index is 9.25. The molecule has 0 rings (SSSR count). The zero-order valence-corrected chi connectivity index (χ0v) is 7.78. The van der Waals surface area contributed by atoms with E-state index in [0.717, 1.165) is 0 Å². The van der Waals surface area contributed by atoms with Crippen molar-refractivity contribution in [3.8, 4) is 0 Å². The summed E-state index contributed by atoms with van der Waals surface area (Å²) in [4.78, 5) is 2.00. The Morgan fingerprint density at radius 1 is 1.18 bits per heavy atom. The van der Waals surface area contributed by atoms with Crippen molar-refractivity contribution in [2.45, 2.75) is 39.0 Å². The smallest absolute Gasteiger partial charge is 0.0922 e. The Balaban J connectivity index is 3.66. The minimum absolute atomic E-state index is 0.406. The van der Waals surface area contributed by atoms with E-state index in [1.165, 1.54) is 0 Å². The molecule has 0 spiro atoms. The molecule has 0 heterocycles. The number of aliphatic hydroxyl groups is 2. The zero-order chi connectivity index (χ0) is 9.02. The van der Waals surface area contributed by atoms with E-state index in [4.69, 9.17) is 5.11 Å². The topological polar surface area (TPSA) is 43.7 Å². The van der Waals surface area contributed by atoms with Crippen molar-refractivity contribution in [3.63, 3.8) is 0 Å². The molecule has 0 aromatic carbocycles. The van der Waals surface area contributed by atoms with Crippen molar-refractivity contribution in [2.24, 2.45) is 0 Å². The highest BCUT2D eigenvalue weighted by atomic mass is 16.3. The van der Waals surface area contributed by atoms with E-state index in [1.54, 1.807) is 6.92 Å². The Morgan fingerprint density at radius 2 is 1.64 bits per heavy atom. The van der Waals surface area contributed by atoms with E-state index in [9.17, 15) is 5.11 Å². The summed E-state index contributed by atoms with van der Waals surface area (Å²) in [5.74, 6) is 0. The molecule has 0 aromatic rings. The van der Waals surface area contributed by atoms with Crippen LogP contribution in [0.2, 0.25) is 0 Å². The molecule has 2 N–H and O–H groups in total. The Bertz CT molecular complexity index is 92.3. The van der Waals surface area contributed by atoms with Gasteiger partial charge in [-0.2, -0.15) is 0 Å². The maximum atomic E-state index is 9.25. The normalized spacial score (nSPS) is 17.5. The number of rotatable bonds is 4. The quantitative estimate of drug-likeness (QED) is 0.613. The summed E-state index contributed by atoms with van der Waals surface area (Å²) in [5.41, 5.74) is 0. The summed E-state index contributed by atoms with van der Waals surface area (Å²) in [7, 11) is 1.93. The lowest BCUT2D eigenvalue weighted by Crippen LogP contribution is -2.39. The van der Waals surface area contributed by atoms with Crippen molar-refractivity contribution >= 4 is 0 Å². The van der Waals surface area contributed by atoms with Crippen molar-refractivity contribution < 1.29 is 10.2 Å². The molecule has 2 atom stereocenters. The van der Waals surface area contributed by atoms with Crippen molar-refractivity contribution in [3.05, 3.63) is 0 Å². The van der Waals surface area contributed by atoms with E-state index >= 15 is 0 Å². The van der Waals surface area contributed by atoms with E-state index < -0.39 is 12.2 Å². The first kappa shape index (κ1) is 10.9. The van der Waals surface area contributed by atoms with Gasteiger partial charge in [-0.15, -0.1) is 0 Å². The second-order valence-electron chi connectivity index (χ2n) is 3.34. The predicted molar refractivity (Wildman–Crippen MR) is 45.5 cm³/mol. The second kappa shape index (κ2) is 4.70. The van der Waals surface area contributed by atoms with Gasteiger partial charge in [-0.05, 0) is 27.8 Å². The van der Waals surface area contributed by atoms with Crippen molar-refractivity contribution in [1.82, 2.24) is 4.90 Å². The number of aliphatic hydroxyl groups excluding tert-OH is 2. The number of hydrogen-bond acceptors (Lipinski definition) is 3. The molecule has 3 heteroatoms. The van der Waals surface area contributed by atoms with Crippen LogP contribution in [0.3, 0.4) is 0 Å². The van der Waals surface area contributed by atoms with E-state index in [0.29, 0.717) is 12.6 Å². The molecule has 0 aliphatic rings. The van der Waals surface area contributed by atoms with E-state index in [1.807, 2.05) is 11.9 Å². The van der Waals surface area contributed by atoms with Gasteiger partial charge in [0.2, 0.25) is 0 Å². The van der Waals surface area contributed by atoms with Crippen LogP contribution in [0.1, 0.15) is 20.8 Å². The van der Waals surface area contributed by atoms with Crippen LogP contribution in [0.15, 0.2) is 0 Å². The van der Waals surface area contributed by atoms with Gasteiger partial charge in [-0.25, -0.2) is 0 Å². The Morgan fingerprint density at radius 3 is 1.91 bits per heavy atom. The van der Waals surface area contributed by atoms with Gasteiger partial charge in [0.05, 0.1) is 12.2 Å². The lowest BCUT2D eigenvalue weighted by Gasteiger charge is -2.25. The molecular weight excluding hydrogens is 142 g/mol. The van der Waals surface area contributed by atoms with Crippen molar-refractivity contribution in [1.29, 1.82) is 0 Å². The third-order valence-electron chi connectivity index (χ3n) is 1.91. The van der Waals surface area contributed by atoms with Gasteiger partial charge in [0.1, 0.15) is 0 Å². The van der Waals surface area contributed by atoms with Crippen LogP contribution in [-0.4, -0.2) is 47.0 Å². The van der Waals surface area contributed by atoms with Crippen LogP contribution in [-0.2, 0) is 0 Å². The van der Waals surface area contributed by atoms with Gasteiger partial charge in [0, 0.05) is 12.6 Å². The molecule has 0 bridgehead atoms. The molecule has 0 saturated heterocycles. The molecule has 11 heavy (non-hydrogen) atoms. The molecule has 0 saturated carbocycles. The molecule has 0 aliphatic heterocycles. The van der Waals surface area contributed by atoms with Crippen LogP contribution in [0.25, 0.3) is 0 Å². The number of likely N-dealkylation sites (N-methyl/N-ethyl adjacent to an activating group) is 1. The summed E-state index contributed by atoms with van der Waals surface area (Å²) in [6.45, 7) is 6.22. The highest BCUT2D eigenvalue weighted by Crippen LogP contribution is 1.99. The number of hydrogen-bond donors (Lipinski definition) is 2. The van der Waals surface area contributed by atoms with Gasteiger partial charge in [0.25, 0.3) is 0 Å². The highest BCUT2D eigenvalue weighted by Gasteiger charge is 2.14. The maximum Gasteiger partial charge on any atom is 0.0922 e. The fourth-order valence-corrected chi connectivity index (χ4v) is 0.658.